The van der Waals surface area contributed by atoms with Gasteiger partial charge in [-0.25, -0.2) is 0 Å². The molecule has 6 atom stereocenters. The number of esters is 1. The highest BCUT2D eigenvalue weighted by Gasteiger charge is 2.66. The summed E-state index contributed by atoms with van der Waals surface area (Å²) >= 11 is 10.5. The lowest BCUT2D eigenvalue weighted by atomic mass is 9.81. The first kappa shape index (κ1) is 20.2. The Hall–Kier alpha value is -1.06. The highest BCUT2D eigenvalue weighted by atomic mass is 79.9. The van der Waals surface area contributed by atoms with Gasteiger partial charge in [0.2, 0.25) is 11.8 Å². The molecule has 1 aliphatic heterocycles. The van der Waals surface area contributed by atoms with Crippen molar-refractivity contribution in [1.82, 2.24) is 4.90 Å². The first-order valence-electron chi connectivity index (χ1n) is 8.87. The van der Waals surface area contributed by atoms with E-state index in [4.69, 9.17) is 4.74 Å². The summed E-state index contributed by atoms with van der Waals surface area (Å²) in [7, 11) is 0. The minimum absolute atomic E-state index is 0.0934. The van der Waals surface area contributed by atoms with Crippen LogP contribution in [0.5, 0.6) is 0 Å². The van der Waals surface area contributed by atoms with Crippen LogP contribution in [0.3, 0.4) is 0 Å². The molecule has 2 aliphatic carbocycles. The van der Waals surface area contributed by atoms with Crippen molar-refractivity contribution in [2.45, 2.75) is 16.1 Å². The van der Waals surface area contributed by atoms with E-state index in [1.165, 1.54) is 0 Å². The van der Waals surface area contributed by atoms with Crippen molar-refractivity contribution in [3.05, 3.63) is 34.3 Å². The molecule has 1 saturated heterocycles. The molecule has 9 heteroatoms. The van der Waals surface area contributed by atoms with Gasteiger partial charge in [0.1, 0.15) is 6.54 Å². The summed E-state index contributed by atoms with van der Waals surface area (Å²) in [4.78, 5) is 51.1. The molecule has 148 valence electrons. The predicted octanol–water partition coefficient (Wildman–Crippen LogP) is 2.95. The van der Waals surface area contributed by atoms with Crippen molar-refractivity contribution in [1.29, 1.82) is 0 Å². The maximum atomic E-state index is 12.8. The van der Waals surface area contributed by atoms with Crippen LogP contribution in [0.4, 0.5) is 0 Å². The van der Waals surface area contributed by atoms with E-state index in [9.17, 15) is 19.2 Å². The topological polar surface area (TPSA) is 80.8 Å². The molecule has 3 fully saturated rings. The van der Waals surface area contributed by atoms with Crippen LogP contribution in [0.2, 0.25) is 0 Å². The highest BCUT2D eigenvalue weighted by molar-refractivity contribution is 9.12. The molecule has 2 bridgehead atoms. The van der Waals surface area contributed by atoms with Crippen LogP contribution in [-0.2, 0) is 19.1 Å². The highest BCUT2D eigenvalue weighted by Crippen LogP contribution is 2.60. The number of ether oxygens (including phenoxy) is 1. The molecule has 0 N–H and O–H groups in total. The Balaban J connectivity index is 1.36. The second kappa shape index (κ2) is 7.65. The van der Waals surface area contributed by atoms with Crippen molar-refractivity contribution in [2.24, 2.45) is 23.7 Å². The van der Waals surface area contributed by atoms with E-state index in [-0.39, 0.29) is 50.9 Å². The van der Waals surface area contributed by atoms with Crippen LogP contribution in [0.1, 0.15) is 16.8 Å². The van der Waals surface area contributed by atoms with E-state index < -0.39 is 19.1 Å². The Labute approximate surface area is 186 Å². The zero-order valence-electron chi connectivity index (χ0n) is 14.5. The largest absolute Gasteiger partial charge is 0.456 e. The van der Waals surface area contributed by atoms with Gasteiger partial charge in [-0.15, -0.1) is 0 Å². The minimum atomic E-state index is -0.759. The summed E-state index contributed by atoms with van der Waals surface area (Å²) < 4.78 is 5.85. The van der Waals surface area contributed by atoms with E-state index in [1.54, 1.807) is 24.3 Å². The summed E-state index contributed by atoms with van der Waals surface area (Å²) in [6.45, 7) is -0.876. The average Bonchev–Trinajstić information content (AvgIpc) is 3.27. The van der Waals surface area contributed by atoms with E-state index in [2.05, 4.69) is 47.8 Å². The number of nitrogens with zero attached hydrogens (tertiary/aromatic N) is 1. The lowest BCUT2D eigenvalue weighted by Crippen LogP contribution is -2.38. The van der Waals surface area contributed by atoms with Gasteiger partial charge in [-0.05, 0) is 30.4 Å². The normalized spacial score (nSPS) is 33.3. The number of carbonyl (C=O) groups excluding carboxylic acids is 4. The number of hydrogen-bond donors (Lipinski definition) is 0. The SMILES string of the molecule is O=C(CN1C(=O)[C@H]2[C@@H]3C[C@@H]([C@@H](Br)[C@H]3Br)[C@@H]2C1=O)OCC(=O)c1ccc(Br)cc1. The molecule has 0 radical (unpaired) electrons. The van der Waals surface area contributed by atoms with Gasteiger partial charge in [0, 0.05) is 19.7 Å². The smallest absolute Gasteiger partial charge is 0.326 e. The monoisotopic (exact) mass is 575 g/mol. The van der Waals surface area contributed by atoms with Crippen LogP contribution in [-0.4, -0.2) is 51.3 Å². The summed E-state index contributed by atoms with van der Waals surface area (Å²) in [5.41, 5.74) is 0.419. The van der Waals surface area contributed by atoms with Crippen molar-refractivity contribution in [3.8, 4) is 0 Å². The zero-order valence-corrected chi connectivity index (χ0v) is 19.3. The number of hydrogen-bond acceptors (Lipinski definition) is 5. The molecular formula is C19H16Br3NO5. The summed E-state index contributed by atoms with van der Waals surface area (Å²) in [5, 5.41) is 0. The molecule has 0 spiro atoms. The van der Waals surface area contributed by atoms with Gasteiger partial charge in [-0.3, -0.25) is 24.1 Å². The molecule has 4 rings (SSSR count). The molecule has 2 amide bonds. The number of amides is 2. The van der Waals surface area contributed by atoms with Crippen molar-refractivity contribution in [2.75, 3.05) is 13.2 Å². The van der Waals surface area contributed by atoms with Gasteiger partial charge in [-0.1, -0.05) is 59.9 Å². The third-order valence-corrected chi connectivity index (χ3v) is 9.63. The molecular weight excluding hydrogens is 562 g/mol. The fourth-order valence-electron chi connectivity index (χ4n) is 4.61. The first-order chi connectivity index (χ1) is 13.3. The van der Waals surface area contributed by atoms with E-state index in [1.807, 2.05) is 0 Å². The van der Waals surface area contributed by atoms with Crippen molar-refractivity contribution in [3.63, 3.8) is 0 Å². The third kappa shape index (κ3) is 3.29. The Kier molecular flexibility index (Phi) is 5.52. The Morgan fingerprint density at radius 1 is 1.00 bits per heavy atom. The van der Waals surface area contributed by atoms with Gasteiger partial charge < -0.3 is 4.74 Å². The number of fused-ring (bicyclic) bond motifs is 5. The molecule has 6 nitrogen and oxygen atoms in total. The lowest BCUT2D eigenvalue weighted by molar-refractivity contribution is -0.152. The van der Waals surface area contributed by atoms with Crippen LogP contribution in [0, 0.1) is 23.7 Å². The van der Waals surface area contributed by atoms with Crippen molar-refractivity contribution < 1.29 is 23.9 Å². The maximum Gasteiger partial charge on any atom is 0.326 e. The van der Waals surface area contributed by atoms with E-state index in [0.717, 1.165) is 15.8 Å². The number of alkyl halides is 2. The number of ketones is 1. The van der Waals surface area contributed by atoms with Gasteiger partial charge in [-0.2, -0.15) is 0 Å². The lowest BCUT2D eigenvalue weighted by Gasteiger charge is -2.28. The molecule has 2 saturated carbocycles. The number of imide groups is 1. The number of Topliss-reactive ketones (excluding diaryl/α,β-unsaturated/α-hetero) is 1. The predicted molar refractivity (Wildman–Crippen MR) is 110 cm³/mol. The van der Waals surface area contributed by atoms with Gasteiger partial charge in [0.25, 0.3) is 0 Å². The molecule has 0 unspecified atom stereocenters. The van der Waals surface area contributed by atoms with Crippen LogP contribution in [0.15, 0.2) is 28.7 Å². The van der Waals surface area contributed by atoms with Crippen molar-refractivity contribution >= 4 is 71.4 Å². The number of carbonyl (C=O) groups is 4. The fraction of sp³-hybridized carbons (Fsp3) is 0.474. The van der Waals surface area contributed by atoms with Crippen LogP contribution < -0.4 is 0 Å². The molecule has 0 aromatic heterocycles. The van der Waals surface area contributed by atoms with E-state index >= 15 is 0 Å². The molecule has 28 heavy (non-hydrogen) atoms. The second-order valence-corrected chi connectivity index (χ2v) is 10.4. The number of benzene rings is 1. The fourth-order valence-corrected chi connectivity index (χ4v) is 6.74. The van der Waals surface area contributed by atoms with Gasteiger partial charge >= 0.3 is 5.97 Å². The maximum absolute atomic E-state index is 12.8. The van der Waals surface area contributed by atoms with Gasteiger partial charge in [0.15, 0.2) is 12.4 Å². The molecule has 1 aromatic carbocycles. The molecule has 1 heterocycles. The summed E-state index contributed by atoms with van der Waals surface area (Å²) in [6, 6.07) is 6.69. The average molecular weight is 578 g/mol. The van der Waals surface area contributed by atoms with Crippen LogP contribution >= 0.6 is 47.8 Å². The minimum Gasteiger partial charge on any atom is -0.456 e. The van der Waals surface area contributed by atoms with Gasteiger partial charge in [0.05, 0.1) is 11.8 Å². The first-order valence-corrected chi connectivity index (χ1v) is 11.5. The second-order valence-electron chi connectivity index (χ2n) is 7.36. The van der Waals surface area contributed by atoms with Crippen LogP contribution in [0.25, 0.3) is 0 Å². The quantitative estimate of drug-likeness (QED) is 0.233. The standard InChI is InChI=1S/C19H16Br3NO5/c20-9-3-1-8(2-4-9)12(24)7-28-13(25)6-23-18(26)14-10-5-11(15(14)19(23)27)17(22)16(10)21/h1-4,10-11,14-17H,5-7H2/t10-,11+,14-,15-,16-,17+/m0/s1. The number of likely N-dealkylation sites (tertiary alicyclic amines) is 1. The number of halogens is 3. The third-order valence-electron chi connectivity index (χ3n) is 5.90. The molecule has 1 aromatic rings. The summed E-state index contributed by atoms with van der Waals surface area (Å²) in [6.07, 6.45) is 0.832. The Morgan fingerprint density at radius 2 is 1.54 bits per heavy atom. The Bertz CT molecular complexity index is 826. The Morgan fingerprint density at radius 3 is 2.07 bits per heavy atom. The number of rotatable bonds is 5. The summed E-state index contributed by atoms with van der Waals surface area (Å²) in [5.74, 6) is -2.26. The zero-order chi connectivity index (χ0) is 20.2. The molecule has 3 aliphatic rings. The van der Waals surface area contributed by atoms with E-state index in [0.29, 0.717) is 5.56 Å².